The van der Waals surface area contributed by atoms with Gasteiger partial charge < -0.3 is 20.1 Å². The van der Waals surface area contributed by atoms with Crippen LogP contribution in [0.4, 0.5) is 4.79 Å². The van der Waals surface area contributed by atoms with Crippen LogP contribution in [0.1, 0.15) is 34.6 Å². The SMILES string of the molecule is CC(C)CN(CC(C)C)C(=O)NC1COCC1(C)C(=O)O. The van der Waals surface area contributed by atoms with Crippen molar-refractivity contribution in [3.8, 4) is 0 Å². The smallest absolute Gasteiger partial charge is 0.317 e. The number of ether oxygens (including phenoxy) is 1. The first-order chi connectivity index (χ1) is 9.66. The van der Waals surface area contributed by atoms with E-state index in [4.69, 9.17) is 4.74 Å². The summed E-state index contributed by atoms with van der Waals surface area (Å²) in [5.74, 6) is -0.218. The molecule has 0 aromatic carbocycles. The maximum atomic E-state index is 12.4. The van der Waals surface area contributed by atoms with Crippen LogP contribution in [0.3, 0.4) is 0 Å². The molecule has 2 amide bonds. The van der Waals surface area contributed by atoms with Gasteiger partial charge in [0.15, 0.2) is 0 Å². The predicted molar refractivity (Wildman–Crippen MR) is 80.1 cm³/mol. The summed E-state index contributed by atoms with van der Waals surface area (Å²) in [6.45, 7) is 11.5. The molecule has 0 radical (unpaired) electrons. The maximum absolute atomic E-state index is 12.4. The molecule has 0 saturated carbocycles. The van der Waals surface area contributed by atoms with Gasteiger partial charge in [-0.3, -0.25) is 4.79 Å². The summed E-state index contributed by atoms with van der Waals surface area (Å²) in [5, 5.41) is 12.2. The largest absolute Gasteiger partial charge is 0.481 e. The molecule has 6 heteroatoms. The van der Waals surface area contributed by atoms with Gasteiger partial charge >= 0.3 is 12.0 Å². The van der Waals surface area contributed by atoms with E-state index in [1.807, 2.05) is 0 Å². The molecule has 0 aromatic rings. The van der Waals surface area contributed by atoms with E-state index in [0.29, 0.717) is 24.9 Å². The number of carboxylic acids is 1. The number of carbonyl (C=O) groups excluding carboxylic acids is 1. The normalized spacial score (nSPS) is 25.4. The molecule has 2 atom stereocenters. The lowest BCUT2D eigenvalue weighted by atomic mass is 9.85. The minimum atomic E-state index is -1.06. The number of nitrogens with one attached hydrogen (secondary N) is 1. The van der Waals surface area contributed by atoms with Gasteiger partial charge in [-0.1, -0.05) is 27.7 Å². The van der Waals surface area contributed by atoms with Crippen molar-refractivity contribution in [3.63, 3.8) is 0 Å². The lowest BCUT2D eigenvalue weighted by Gasteiger charge is -2.31. The molecule has 0 aromatic heterocycles. The topological polar surface area (TPSA) is 78.9 Å². The van der Waals surface area contributed by atoms with Crippen LogP contribution >= 0.6 is 0 Å². The summed E-state index contributed by atoms with van der Waals surface area (Å²) in [4.78, 5) is 25.6. The molecule has 0 spiro atoms. The number of aliphatic carboxylic acids is 1. The number of nitrogens with zero attached hydrogens (tertiary/aromatic N) is 1. The van der Waals surface area contributed by atoms with Gasteiger partial charge in [0, 0.05) is 13.1 Å². The Balaban J connectivity index is 2.74. The molecule has 1 aliphatic rings. The Kier molecular flexibility index (Phi) is 6.01. The molecular weight excluding hydrogens is 272 g/mol. The average molecular weight is 300 g/mol. The molecule has 1 heterocycles. The Labute approximate surface area is 126 Å². The van der Waals surface area contributed by atoms with E-state index < -0.39 is 17.4 Å². The van der Waals surface area contributed by atoms with Crippen molar-refractivity contribution in [2.45, 2.75) is 40.7 Å². The second-order valence-corrected chi connectivity index (χ2v) is 6.93. The molecule has 2 unspecified atom stereocenters. The van der Waals surface area contributed by atoms with Gasteiger partial charge in [-0.05, 0) is 18.8 Å². The first-order valence-corrected chi connectivity index (χ1v) is 7.53. The monoisotopic (exact) mass is 300 g/mol. The lowest BCUT2D eigenvalue weighted by Crippen LogP contribution is -2.54. The van der Waals surface area contributed by atoms with Crippen LogP contribution in [-0.2, 0) is 9.53 Å². The minimum Gasteiger partial charge on any atom is -0.481 e. The maximum Gasteiger partial charge on any atom is 0.317 e. The van der Waals surface area contributed by atoms with Crippen LogP contribution in [0.15, 0.2) is 0 Å². The first-order valence-electron chi connectivity index (χ1n) is 7.53. The number of urea groups is 1. The third-order valence-electron chi connectivity index (χ3n) is 3.70. The van der Waals surface area contributed by atoms with E-state index in [9.17, 15) is 14.7 Å². The lowest BCUT2D eigenvalue weighted by molar-refractivity contribution is -0.148. The van der Waals surface area contributed by atoms with E-state index in [2.05, 4.69) is 33.0 Å². The van der Waals surface area contributed by atoms with E-state index in [1.165, 1.54) is 0 Å². The summed E-state index contributed by atoms with van der Waals surface area (Å²) in [6, 6.07) is -0.704. The van der Waals surface area contributed by atoms with E-state index in [1.54, 1.807) is 11.8 Å². The molecule has 1 fully saturated rings. The van der Waals surface area contributed by atoms with Crippen molar-refractivity contribution >= 4 is 12.0 Å². The number of hydrogen-bond acceptors (Lipinski definition) is 3. The molecule has 6 nitrogen and oxygen atoms in total. The average Bonchev–Trinajstić information content (AvgIpc) is 2.70. The van der Waals surface area contributed by atoms with Gasteiger partial charge in [-0.15, -0.1) is 0 Å². The van der Waals surface area contributed by atoms with Crippen LogP contribution in [-0.4, -0.2) is 54.4 Å². The Hall–Kier alpha value is -1.30. The number of amides is 2. The van der Waals surface area contributed by atoms with Crippen molar-refractivity contribution < 1.29 is 19.4 Å². The summed E-state index contributed by atoms with van der Waals surface area (Å²) in [7, 11) is 0. The second-order valence-electron chi connectivity index (χ2n) is 6.93. The summed E-state index contributed by atoms with van der Waals surface area (Å²) < 4.78 is 5.26. The van der Waals surface area contributed by atoms with Crippen molar-refractivity contribution in [1.29, 1.82) is 0 Å². The number of rotatable bonds is 6. The Morgan fingerprint density at radius 2 is 1.81 bits per heavy atom. The van der Waals surface area contributed by atoms with Crippen LogP contribution in [0.2, 0.25) is 0 Å². The Morgan fingerprint density at radius 3 is 2.24 bits per heavy atom. The van der Waals surface area contributed by atoms with Gasteiger partial charge in [-0.2, -0.15) is 0 Å². The molecular formula is C15H28N2O4. The summed E-state index contributed by atoms with van der Waals surface area (Å²) in [6.07, 6.45) is 0. The molecule has 122 valence electrons. The van der Waals surface area contributed by atoms with Gasteiger partial charge in [-0.25, -0.2) is 4.79 Å². The standard InChI is InChI=1S/C15H28N2O4/c1-10(2)6-17(7-11(3)4)14(20)16-12-8-21-9-15(12,5)13(18)19/h10-12H,6-9H2,1-5H3,(H,16,20)(H,18,19). The molecule has 1 saturated heterocycles. The Morgan fingerprint density at radius 1 is 1.29 bits per heavy atom. The number of carboxylic acid groups (broad SMARTS) is 1. The van der Waals surface area contributed by atoms with Crippen molar-refractivity contribution in [2.75, 3.05) is 26.3 Å². The van der Waals surface area contributed by atoms with Gasteiger partial charge in [0.25, 0.3) is 0 Å². The van der Waals surface area contributed by atoms with Gasteiger partial charge in [0.1, 0.15) is 5.41 Å². The van der Waals surface area contributed by atoms with Crippen LogP contribution in [0.5, 0.6) is 0 Å². The summed E-state index contributed by atoms with van der Waals surface area (Å²) >= 11 is 0. The highest BCUT2D eigenvalue weighted by atomic mass is 16.5. The summed E-state index contributed by atoms with van der Waals surface area (Å²) in [5.41, 5.74) is -1.06. The highest BCUT2D eigenvalue weighted by Gasteiger charge is 2.47. The quantitative estimate of drug-likeness (QED) is 0.784. The van der Waals surface area contributed by atoms with Gasteiger partial charge in [0.2, 0.25) is 0 Å². The second kappa shape index (κ2) is 7.11. The molecule has 1 aliphatic heterocycles. The fourth-order valence-corrected chi connectivity index (χ4v) is 2.45. The zero-order valence-corrected chi connectivity index (χ0v) is 13.7. The number of carbonyl (C=O) groups is 2. The van der Waals surface area contributed by atoms with E-state index in [-0.39, 0.29) is 19.2 Å². The molecule has 1 rings (SSSR count). The Bertz CT molecular complexity index is 374. The van der Waals surface area contributed by atoms with Crippen LogP contribution < -0.4 is 5.32 Å². The minimum absolute atomic E-state index is 0.127. The molecule has 21 heavy (non-hydrogen) atoms. The van der Waals surface area contributed by atoms with Crippen LogP contribution in [0.25, 0.3) is 0 Å². The molecule has 0 bridgehead atoms. The van der Waals surface area contributed by atoms with Gasteiger partial charge in [0.05, 0.1) is 19.3 Å². The molecule has 2 N–H and O–H groups in total. The fraction of sp³-hybridized carbons (Fsp3) is 0.867. The zero-order valence-electron chi connectivity index (χ0n) is 13.7. The predicted octanol–water partition coefficient (Wildman–Crippen LogP) is 1.80. The number of hydrogen-bond donors (Lipinski definition) is 2. The van der Waals surface area contributed by atoms with Crippen LogP contribution in [0, 0.1) is 17.3 Å². The van der Waals surface area contributed by atoms with Crippen molar-refractivity contribution in [1.82, 2.24) is 10.2 Å². The van der Waals surface area contributed by atoms with E-state index >= 15 is 0 Å². The fourth-order valence-electron chi connectivity index (χ4n) is 2.45. The molecule has 0 aliphatic carbocycles. The van der Waals surface area contributed by atoms with Crippen molar-refractivity contribution in [2.24, 2.45) is 17.3 Å². The highest BCUT2D eigenvalue weighted by Crippen LogP contribution is 2.28. The third kappa shape index (κ3) is 4.59. The third-order valence-corrected chi connectivity index (χ3v) is 3.70. The van der Waals surface area contributed by atoms with Crippen molar-refractivity contribution in [3.05, 3.63) is 0 Å². The first kappa shape index (κ1) is 17.8. The van der Waals surface area contributed by atoms with E-state index in [0.717, 1.165) is 0 Å². The highest BCUT2D eigenvalue weighted by molar-refractivity contribution is 5.79. The zero-order chi connectivity index (χ0) is 16.2.